The lowest BCUT2D eigenvalue weighted by atomic mass is 10.2. The average molecular weight is 597 g/mol. The number of sulfonamides is 1. The van der Waals surface area contributed by atoms with Crippen molar-refractivity contribution in [3.63, 3.8) is 0 Å². The van der Waals surface area contributed by atoms with Crippen molar-refractivity contribution in [1.29, 1.82) is 0 Å². The molecule has 0 aliphatic carbocycles. The maximum atomic E-state index is 13.6. The number of carbonyl (C=O) groups excluding carboxylic acids is 1. The summed E-state index contributed by atoms with van der Waals surface area (Å²) < 4.78 is 78.5. The van der Waals surface area contributed by atoms with Crippen molar-refractivity contribution < 1.29 is 35.9 Å². The van der Waals surface area contributed by atoms with Crippen molar-refractivity contribution in [1.82, 2.24) is 5.32 Å². The lowest BCUT2D eigenvalue weighted by molar-refractivity contribution is -0.137. The summed E-state index contributed by atoms with van der Waals surface area (Å²) in [6.07, 6.45) is -4.07. The predicted molar refractivity (Wildman–Crippen MR) is 150 cm³/mol. The molecule has 0 aliphatic heterocycles. The number of benzene rings is 3. The molecule has 216 valence electrons. The monoisotopic (exact) mass is 596 g/mol. The van der Waals surface area contributed by atoms with Gasteiger partial charge in [-0.15, -0.1) is 0 Å². The summed E-state index contributed by atoms with van der Waals surface area (Å²) in [6.45, 7) is 1.60. The van der Waals surface area contributed by atoms with E-state index in [9.17, 15) is 26.4 Å². The SMILES string of the molecule is COc1ccc(S(=O)(=O)N(CC(=O)NCCCSCc2cccc(C)c2)c2cccc(C(F)(F)F)c2)cc1OC. The van der Waals surface area contributed by atoms with Crippen LogP contribution in [0.25, 0.3) is 0 Å². The molecule has 0 unspecified atom stereocenters. The molecule has 0 atom stereocenters. The number of hydrogen-bond donors (Lipinski definition) is 1. The van der Waals surface area contributed by atoms with Crippen LogP contribution in [0.5, 0.6) is 11.5 Å². The zero-order valence-corrected chi connectivity index (χ0v) is 24.0. The predicted octanol–water partition coefficient (Wildman–Crippen LogP) is 5.67. The quantitative estimate of drug-likeness (QED) is 0.256. The number of alkyl halides is 3. The molecule has 12 heteroatoms. The van der Waals surface area contributed by atoms with E-state index in [2.05, 4.69) is 11.4 Å². The molecule has 0 aromatic heterocycles. The van der Waals surface area contributed by atoms with Crippen LogP contribution < -0.4 is 19.1 Å². The Morgan fingerprint density at radius 2 is 1.70 bits per heavy atom. The summed E-state index contributed by atoms with van der Waals surface area (Å²) in [4.78, 5) is 12.5. The molecule has 0 fully saturated rings. The van der Waals surface area contributed by atoms with Crippen molar-refractivity contribution in [2.45, 2.75) is 30.2 Å². The molecule has 40 heavy (non-hydrogen) atoms. The summed E-state index contributed by atoms with van der Waals surface area (Å²) in [5, 5.41) is 2.67. The third kappa shape index (κ3) is 8.31. The van der Waals surface area contributed by atoms with Crippen LogP contribution in [-0.2, 0) is 26.7 Å². The first-order chi connectivity index (χ1) is 19.0. The summed E-state index contributed by atoms with van der Waals surface area (Å²) in [5.74, 6) is 1.31. The standard InChI is InChI=1S/C28H31F3N2O5S2/c1-20-7-4-8-21(15-20)19-39-14-6-13-32-27(34)18-33(23-10-5-9-22(16-23)28(29,30)31)40(35,36)24-11-12-25(37-2)26(17-24)38-3/h4-5,7-12,15-17H,6,13-14,18-19H2,1-3H3,(H,32,34). The highest BCUT2D eigenvalue weighted by Crippen LogP contribution is 2.35. The number of ether oxygens (including phenoxy) is 2. The van der Waals surface area contributed by atoms with Crippen LogP contribution in [0.15, 0.2) is 71.6 Å². The van der Waals surface area contributed by atoms with Crippen LogP contribution in [0.1, 0.15) is 23.1 Å². The number of aryl methyl sites for hydroxylation is 1. The molecule has 0 spiro atoms. The lowest BCUT2D eigenvalue weighted by Crippen LogP contribution is -2.41. The van der Waals surface area contributed by atoms with Crippen LogP contribution in [-0.4, -0.2) is 47.4 Å². The highest BCUT2D eigenvalue weighted by atomic mass is 32.2. The van der Waals surface area contributed by atoms with Crippen LogP contribution in [0, 0.1) is 6.92 Å². The molecule has 3 aromatic rings. The van der Waals surface area contributed by atoms with Gasteiger partial charge in [0.2, 0.25) is 5.91 Å². The number of halogens is 3. The fourth-order valence-electron chi connectivity index (χ4n) is 3.84. The molecular weight excluding hydrogens is 565 g/mol. The first-order valence-corrected chi connectivity index (χ1v) is 14.9. The number of anilines is 1. The lowest BCUT2D eigenvalue weighted by Gasteiger charge is -2.25. The number of amides is 1. The number of thioether (sulfide) groups is 1. The molecular formula is C28H31F3N2O5S2. The molecule has 1 amide bonds. The molecule has 3 rings (SSSR count). The molecule has 0 saturated heterocycles. The van der Waals surface area contributed by atoms with Crippen molar-refractivity contribution in [3.8, 4) is 11.5 Å². The van der Waals surface area contributed by atoms with Crippen LogP contribution >= 0.6 is 11.8 Å². The number of rotatable bonds is 13. The topological polar surface area (TPSA) is 84.9 Å². The second-order valence-corrected chi connectivity index (χ2v) is 11.8. The van der Waals surface area contributed by atoms with Gasteiger partial charge in [-0.25, -0.2) is 8.42 Å². The van der Waals surface area contributed by atoms with E-state index in [4.69, 9.17) is 9.47 Å². The molecule has 1 N–H and O–H groups in total. The smallest absolute Gasteiger partial charge is 0.416 e. The minimum Gasteiger partial charge on any atom is -0.493 e. The zero-order chi connectivity index (χ0) is 29.3. The van der Waals surface area contributed by atoms with E-state index in [0.717, 1.165) is 23.6 Å². The van der Waals surface area contributed by atoms with E-state index < -0.39 is 34.2 Å². The highest BCUT2D eigenvalue weighted by molar-refractivity contribution is 7.98. The second kappa shape index (κ2) is 13.8. The summed E-state index contributed by atoms with van der Waals surface area (Å²) in [5.41, 5.74) is 1.04. The zero-order valence-electron chi connectivity index (χ0n) is 22.3. The number of hydrogen-bond acceptors (Lipinski definition) is 6. The van der Waals surface area contributed by atoms with Gasteiger partial charge in [0.25, 0.3) is 10.0 Å². The van der Waals surface area contributed by atoms with Gasteiger partial charge < -0.3 is 14.8 Å². The molecule has 0 aliphatic rings. The maximum absolute atomic E-state index is 13.6. The van der Waals surface area contributed by atoms with Gasteiger partial charge in [-0.2, -0.15) is 24.9 Å². The third-order valence-corrected chi connectivity index (χ3v) is 8.72. The van der Waals surface area contributed by atoms with E-state index >= 15 is 0 Å². The van der Waals surface area contributed by atoms with E-state index in [1.165, 1.54) is 49.6 Å². The van der Waals surface area contributed by atoms with Crippen LogP contribution in [0.2, 0.25) is 0 Å². The Bertz CT molecular complexity index is 1420. The number of nitrogens with zero attached hydrogens (tertiary/aromatic N) is 1. The molecule has 0 bridgehead atoms. The van der Waals surface area contributed by atoms with E-state index in [1.807, 2.05) is 25.1 Å². The van der Waals surface area contributed by atoms with Crippen LogP contribution in [0.4, 0.5) is 18.9 Å². The van der Waals surface area contributed by atoms with Crippen molar-refractivity contribution in [3.05, 3.63) is 83.4 Å². The fraction of sp³-hybridized carbons (Fsp3) is 0.321. The Morgan fingerprint density at radius 1 is 0.975 bits per heavy atom. The van der Waals surface area contributed by atoms with Gasteiger partial charge in [0.15, 0.2) is 11.5 Å². The Hall–Kier alpha value is -3.38. The molecule has 0 radical (unpaired) electrons. The fourth-order valence-corrected chi connectivity index (χ4v) is 6.17. The van der Waals surface area contributed by atoms with E-state index in [-0.39, 0.29) is 28.6 Å². The minimum absolute atomic E-state index is 0.111. The van der Waals surface area contributed by atoms with Gasteiger partial charge in [-0.05, 0) is 55.0 Å². The van der Waals surface area contributed by atoms with Gasteiger partial charge in [0, 0.05) is 18.4 Å². The van der Waals surface area contributed by atoms with Crippen molar-refractivity contribution in [2.75, 3.05) is 37.4 Å². The normalized spacial score (nSPS) is 11.7. The maximum Gasteiger partial charge on any atom is 0.416 e. The summed E-state index contributed by atoms with van der Waals surface area (Å²) in [7, 11) is -1.77. The second-order valence-electron chi connectivity index (χ2n) is 8.82. The van der Waals surface area contributed by atoms with Gasteiger partial charge in [0.1, 0.15) is 6.54 Å². The molecule has 0 saturated carbocycles. The number of nitrogens with one attached hydrogen (secondary N) is 1. The minimum atomic E-state index is -4.70. The number of methoxy groups -OCH3 is 2. The third-order valence-electron chi connectivity index (χ3n) is 5.83. The molecule has 7 nitrogen and oxygen atoms in total. The first-order valence-electron chi connectivity index (χ1n) is 12.3. The molecule has 3 aromatic carbocycles. The van der Waals surface area contributed by atoms with Crippen molar-refractivity contribution >= 4 is 33.4 Å². The van der Waals surface area contributed by atoms with Gasteiger partial charge >= 0.3 is 6.18 Å². The Balaban J connectivity index is 1.74. The van der Waals surface area contributed by atoms with Gasteiger partial charge in [-0.1, -0.05) is 35.9 Å². The Kier molecular flexibility index (Phi) is 10.7. The summed E-state index contributed by atoms with van der Waals surface area (Å²) >= 11 is 1.70. The van der Waals surface area contributed by atoms with Gasteiger partial charge in [0.05, 0.1) is 30.4 Å². The van der Waals surface area contributed by atoms with Crippen molar-refractivity contribution in [2.24, 2.45) is 0 Å². The molecule has 0 heterocycles. The highest BCUT2D eigenvalue weighted by Gasteiger charge is 2.33. The first kappa shape index (κ1) is 31.2. The Labute approximate surface area is 236 Å². The largest absolute Gasteiger partial charge is 0.493 e. The van der Waals surface area contributed by atoms with Gasteiger partial charge in [-0.3, -0.25) is 9.10 Å². The summed E-state index contributed by atoms with van der Waals surface area (Å²) in [6, 6.07) is 15.8. The number of carbonyl (C=O) groups is 1. The average Bonchev–Trinajstić information content (AvgIpc) is 2.92. The van der Waals surface area contributed by atoms with E-state index in [0.29, 0.717) is 16.8 Å². The van der Waals surface area contributed by atoms with E-state index in [1.54, 1.807) is 11.8 Å². The van der Waals surface area contributed by atoms with Crippen LogP contribution in [0.3, 0.4) is 0 Å². The Morgan fingerprint density at radius 3 is 2.38 bits per heavy atom.